The highest BCUT2D eigenvalue weighted by atomic mass is 32.2. The van der Waals surface area contributed by atoms with E-state index in [1.165, 1.54) is 23.9 Å². The van der Waals surface area contributed by atoms with Crippen molar-refractivity contribution in [3.05, 3.63) is 60.4 Å². The zero-order valence-electron chi connectivity index (χ0n) is 11.6. The average Bonchev–Trinajstić information content (AvgIpc) is 3.03. The van der Waals surface area contributed by atoms with E-state index in [1.54, 1.807) is 23.9 Å². The SMILES string of the molecule is Fc1ccc(SCCSc2nnc(-c3ccccc3)o2)cc1. The van der Waals surface area contributed by atoms with Gasteiger partial charge in [0.1, 0.15) is 5.82 Å². The maximum atomic E-state index is 12.8. The lowest BCUT2D eigenvalue weighted by atomic mass is 10.2. The lowest BCUT2D eigenvalue weighted by molar-refractivity contribution is 0.466. The van der Waals surface area contributed by atoms with Crippen LogP contribution in [0.3, 0.4) is 0 Å². The molecule has 0 unspecified atom stereocenters. The van der Waals surface area contributed by atoms with Crippen molar-refractivity contribution in [2.75, 3.05) is 11.5 Å². The first-order chi connectivity index (χ1) is 10.8. The largest absolute Gasteiger partial charge is 0.411 e. The zero-order chi connectivity index (χ0) is 15.2. The molecule has 0 aliphatic heterocycles. The number of aromatic nitrogens is 2. The molecule has 0 radical (unpaired) electrons. The highest BCUT2D eigenvalue weighted by Gasteiger charge is 2.08. The van der Waals surface area contributed by atoms with Crippen molar-refractivity contribution in [3.63, 3.8) is 0 Å². The third-order valence-electron chi connectivity index (χ3n) is 2.82. The van der Waals surface area contributed by atoms with E-state index in [2.05, 4.69) is 10.2 Å². The van der Waals surface area contributed by atoms with Gasteiger partial charge in [-0.2, -0.15) is 0 Å². The standard InChI is InChI=1S/C16H13FN2OS2/c17-13-6-8-14(9-7-13)21-10-11-22-16-19-18-15(20-16)12-4-2-1-3-5-12/h1-9H,10-11H2. The topological polar surface area (TPSA) is 38.9 Å². The Morgan fingerprint density at radius 2 is 1.59 bits per heavy atom. The van der Waals surface area contributed by atoms with Gasteiger partial charge in [-0.1, -0.05) is 30.0 Å². The molecular formula is C16H13FN2OS2. The Hall–Kier alpha value is -1.79. The predicted octanol–water partition coefficient (Wildman–Crippen LogP) is 4.76. The van der Waals surface area contributed by atoms with Gasteiger partial charge in [0, 0.05) is 22.0 Å². The van der Waals surface area contributed by atoms with Crippen molar-refractivity contribution in [2.24, 2.45) is 0 Å². The van der Waals surface area contributed by atoms with E-state index in [9.17, 15) is 4.39 Å². The normalized spacial score (nSPS) is 10.8. The Kier molecular flexibility index (Phi) is 5.13. The summed E-state index contributed by atoms with van der Waals surface area (Å²) in [6.07, 6.45) is 0. The van der Waals surface area contributed by atoms with Crippen LogP contribution >= 0.6 is 23.5 Å². The van der Waals surface area contributed by atoms with E-state index in [4.69, 9.17) is 4.42 Å². The Morgan fingerprint density at radius 3 is 2.36 bits per heavy atom. The van der Waals surface area contributed by atoms with Gasteiger partial charge in [-0.3, -0.25) is 0 Å². The first-order valence-electron chi connectivity index (χ1n) is 6.71. The molecule has 2 aromatic carbocycles. The van der Waals surface area contributed by atoms with Crippen LogP contribution in [0.1, 0.15) is 0 Å². The fourth-order valence-electron chi connectivity index (χ4n) is 1.78. The quantitative estimate of drug-likeness (QED) is 0.481. The van der Waals surface area contributed by atoms with Gasteiger partial charge >= 0.3 is 0 Å². The first kappa shape index (κ1) is 15.1. The second-order valence-corrected chi connectivity index (χ2v) is 6.60. The van der Waals surface area contributed by atoms with Crippen molar-refractivity contribution in [1.29, 1.82) is 0 Å². The van der Waals surface area contributed by atoms with E-state index >= 15 is 0 Å². The van der Waals surface area contributed by atoms with Crippen LogP contribution in [0.25, 0.3) is 11.5 Å². The van der Waals surface area contributed by atoms with Crippen LogP contribution in [-0.2, 0) is 0 Å². The molecule has 3 rings (SSSR count). The van der Waals surface area contributed by atoms with Gasteiger partial charge in [-0.15, -0.1) is 22.0 Å². The zero-order valence-corrected chi connectivity index (χ0v) is 13.2. The van der Waals surface area contributed by atoms with Gasteiger partial charge in [-0.05, 0) is 36.4 Å². The lowest BCUT2D eigenvalue weighted by Crippen LogP contribution is -1.84. The molecule has 0 bridgehead atoms. The van der Waals surface area contributed by atoms with Crippen LogP contribution in [-0.4, -0.2) is 21.7 Å². The van der Waals surface area contributed by atoms with E-state index < -0.39 is 0 Å². The lowest BCUT2D eigenvalue weighted by Gasteiger charge is -1.99. The Labute approximate surface area is 136 Å². The molecular weight excluding hydrogens is 319 g/mol. The first-order valence-corrected chi connectivity index (χ1v) is 8.68. The van der Waals surface area contributed by atoms with Gasteiger partial charge < -0.3 is 4.42 Å². The second-order valence-electron chi connectivity index (χ2n) is 4.39. The number of rotatable bonds is 6. The summed E-state index contributed by atoms with van der Waals surface area (Å²) >= 11 is 3.20. The Balaban J connectivity index is 1.48. The molecule has 0 aliphatic rings. The highest BCUT2D eigenvalue weighted by molar-refractivity contribution is 8.02. The Morgan fingerprint density at radius 1 is 0.864 bits per heavy atom. The minimum Gasteiger partial charge on any atom is -0.411 e. The molecule has 22 heavy (non-hydrogen) atoms. The third kappa shape index (κ3) is 4.11. The van der Waals surface area contributed by atoms with Gasteiger partial charge in [0.15, 0.2) is 0 Å². The third-order valence-corrected chi connectivity index (χ3v) is 4.91. The van der Waals surface area contributed by atoms with Crippen molar-refractivity contribution in [1.82, 2.24) is 10.2 Å². The summed E-state index contributed by atoms with van der Waals surface area (Å²) in [6, 6.07) is 16.2. The number of hydrogen-bond acceptors (Lipinski definition) is 5. The fraction of sp³-hybridized carbons (Fsp3) is 0.125. The molecule has 0 aliphatic carbocycles. The minimum absolute atomic E-state index is 0.210. The molecule has 0 atom stereocenters. The minimum atomic E-state index is -0.210. The van der Waals surface area contributed by atoms with Gasteiger partial charge in [0.2, 0.25) is 5.89 Å². The summed E-state index contributed by atoms with van der Waals surface area (Å²) in [5.74, 6) is 2.06. The van der Waals surface area contributed by atoms with Gasteiger partial charge in [0.25, 0.3) is 5.22 Å². The molecule has 6 heteroatoms. The summed E-state index contributed by atoms with van der Waals surface area (Å²) in [4.78, 5) is 1.05. The maximum Gasteiger partial charge on any atom is 0.276 e. The molecule has 1 heterocycles. The number of hydrogen-bond donors (Lipinski definition) is 0. The van der Waals surface area contributed by atoms with Crippen LogP contribution in [0.5, 0.6) is 0 Å². The van der Waals surface area contributed by atoms with Crippen molar-refractivity contribution < 1.29 is 8.81 Å². The number of nitrogens with zero attached hydrogens (tertiary/aromatic N) is 2. The van der Waals surface area contributed by atoms with E-state index in [1.807, 2.05) is 30.3 Å². The second kappa shape index (κ2) is 7.47. The van der Waals surface area contributed by atoms with Crippen molar-refractivity contribution in [2.45, 2.75) is 10.1 Å². The smallest absolute Gasteiger partial charge is 0.276 e. The van der Waals surface area contributed by atoms with Crippen LogP contribution < -0.4 is 0 Å². The number of halogens is 1. The fourth-order valence-corrected chi connectivity index (χ4v) is 3.43. The molecule has 1 aromatic heterocycles. The van der Waals surface area contributed by atoms with Crippen LogP contribution in [0.15, 0.2) is 69.1 Å². The highest BCUT2D eigenvalue weighted by Crippen LogP contribution is 2.25. The summed E-state index contributed by atoms with van der Waals surface area (Å²) in [5, 5.41) is 8.65. The molecule has 0 fully saturated rings. The summed E-state index contributed by atoms with van der Waals surface area (Å²) in [6.45, 7) is 0. The van der Waals surface area contributed by atoms with E-state index in [0.717, 1.165) is 22.0 Å². The average molecular weight is 332 g/mol. The molecule has 112 valence electrons. The van der Waals surface area contributed by atoms with Crippen molar-refractivity contribution in [3.8, 4) is 11.5 Å². The predicted molar refractivity (Wildman–Crippen MR) is 87.6 cm³/mol. The van der Waals surface area contributed by atoms with Crippen LogP contribution in [0.4, 0.5) is 4.39 Å². The molecule has 3 aromatic rings. The summed E-state index contributed by atoms with van der Waals surface area (Å²) in [5.41, 5.74) is 0.919. The van der Waals surface area contributed by atoms with Crippen LogP contribution in [0.2, 0.25) is 0 Å². The molecule has 0 amide bonds. The number of benzene rings is 2. The van der Waals surface area contributed by atoms with Gasteiger partial charge in [0.05, 0.1) is 0 Å². The molecule has 0 saturated carbocycles. The van der Waals surface area contributed by atoms with Gasteiger partial charge in [-0.25, -0.2) is 4.39 Å². The van der Waals surface area contributed by atoms with Crippen molar-refractivity contribution >= 4 is 23.5 Å². The summed E-state index contributed by atoms with van der Waals surface area (Å²) < 4.78 is 18.4. The summed E-state index contributed by atoms with van der Waals surface area (Å²) in [7, 11) is 0. The van der Waals surface area contributed by atoms with E-state index in [-0.39, 0.29) is 5.82 Å². The monoisotopic (exact) mass is 332 g/mol. The molecule has 0 N–H and O–H groups in total. The van der Waals surface area contributed by atoms with Crippen LogP contribution in [0, 0.1) is 5.82 Å². The van der Waals surface area contributed by atoms with E-state index in [0.29, 0.717) is 11.1 Å². The maximum absolute atomic E-state index is 12.8. The molecule has 3 nitrogen and oxygen atoms in total. The Bertz CT molecular complexity index is 717. The molecule has 0 spiro atoms. The molecule has 0 saturated heterocycles. The number of thioether (sulfide) groups is 2.